The third-order valence-corrected chi connectivity index (χ3v) is 6.85. The Morgan fingerprint density at radius 1 is 1.23 bits per heavy atom. The summed E-state index contributed by atoms with van der Waals surface area (Å²) in [5.74, 6) is -0.840. The topological polar surface area (TPSA) is 101 Å². The lowest BCUT2D eigenvalue weighted by atomic mass is 10.1. The molecule has 1 fully saturated rings. The Hall–Kier alpha value is -2.19. The van der Waals surface area contributed by atoms with Gasteiger partial charge in [0.1, 0.15) is 6.04 Å². The molecule has 0 spiro atoms. The molecule has 3 rings (SSSR count). The van der Waals surface area contributed by atoms with E-state index in [0.29, 0.717) is 31.5 Å². The van der Waals surface area contributed by atoms with E-state index in [1.807, 2.05) is 13.0 Å². The van der Waals surface area contributed by atoms with Crippen molar-refractivity contribution < 1.29 is 18.0 Å². The standard InChI is InChI=1S/C18H23N3O4S/c1-13-7-10-20(11-8-13)18(23)14-4-2-5-15(12-14)26(24,25)21-9-3-6-16(21)17(19)22/h2,4-5,7,12,16H,3,6,8-11H2,1H3,(H2,19,22)/t16-/m1/s1. The fourth-order valence-electron chi connectivity index (χ4n) is 3.37. The van der Waals surface area contributed by atoms with Crippen LogP contribution in [-0.4, -0.2) is 55.1 Å². The Kier molecular flexibility index (Phi) is 5.15. The van der Waals surface area contributed by atoms with E-state index in [4.69, 9.17) is 5.73 Å². The molecule has 140 valence electrons. The first kappa shape index (κ1) is 18.6. The molecule has 2 aliphatic heterocycles. The second-order valence-electron chi connectivity index (χ2n) is 6.76. The van der Waals surface area contributed by atoms with Crippen molar-refractivity contribution in [2.45, 2.75) is 37.1 Å². The maximum Gasteiger partial charge on any atom is 0.254 e. The monoisotopic (exact) mass is 377 g/mol. The quantitative estimate of drug-likeness (QED) is 0.795. The second kappa shape index (κ2) is 7.20. The van der Waals surface area contributed by atoms with Gasteiger partial charge in [-0.2, -0.15) is 4.31 Å². The van der Waals surface area contributed by atoms with E-state index >= 15 is 0 Å². The number of carbonyl (C=O) groups excluding carboxylic acids is 2. The molecule has 8 heteroatoms. The molecule has 26 heavy (non-hydrogen) atoms. The largest absolute Gasteiger partial charge is 0.368 e. The van der Waals surface area contributed by atoms with E-state index in [1.165, 1.54) is 17.7 Å². The van der Waals surface area contributed by atoms with E-state index in [1.54, 1.807) is 17.0 Å². The lowest BCUT2D eigenvalue weighted by Crippen LogP contribution is -2.43. The minimum atomic E-state index is -3.88. The molecule has 0 unspecified atom stereocenters. The molecule has 2 amide bonds. The Morgan fingerprint density at radius 2 is 2.00 bits per heavy atom. The SMILES string of the molecule is CC1=CCN(C(=O)c2cccc(S(=O)(=O)N3CCC[C@@H]3C(N)=O)c2)CC1. The van der Waals surface area contributed by atoms with Crippen LogP contribution < -0.4 is 5.73 Å². The fraction of sp³-hybridized carbons (Fsp3) is 0.444. The van der Waals surface area contributed by atoms with Crippen LogP contribution in [0.25, 0.3) is 0 Å². The maximum atomic E-state index is 12.9. The molecule has 2 aliphatic rings. The van der Waals surface area contributed by atoms with Crippen LogP contribution in [0.15, 0.2) is 40.8 Å². The van der Waals surface area contributed by atoms with Crippen molar-refractivity contribution in [3.63, 3.8) is 0 Å². The summed E-state index contributed by atoms with van der Waals surface area (Å²) in [7, 11) is -3.88. The number of benzene rings is 1. The second-order valence-corrected chi connectivity index (χ2v) is 8.65. The number of nitrogens with zero attached hydrogens (tertiary/aromatic N) is 2. The third-order valence-electron chi connectivity index (χ3n) is 4.94. The summed E-state index contributed by atoms with van der Waals surface area (Å²) in [5, 5.41) is 0. The van der Waals surface area contributed by atoms with Crippen molar-refractivity contribution in [2.75, 3.05) is 19.6 Å². The smallest absolute Gasteiger partial charge is 0.254 e. The first-order valence-electron chi connectivity index (χ1n) is 8.67. The van der Waals surface area contributed by atoms with Crippen LogP contribution in [0, 0.1) is 0 Å². The summed E-state index contributed by atoms with van der Waals surface area (Å²) in [6.07, 6.45) is 3.83. The summed E-state index contributed by atoms with van der Waals surface area (Å²) < 4.78 is 27.0. The molecule has 1 saturated heterocycles. The molecular formula is C18H23N3O4S. The minimum absolute atomic E-state index is 0.0141. The molecule has 0 radical (unpaired) electrons. The zero-order valence-electron chi connectivity index (χ0n) is 14.7. The van der Waals surface area contributed by atoms with Crippen LogP contribution in [0.1, 0.15) is 36.5 Å². The summed E-state index contributed by atoms with van der Waals surface area (Å²) in [6.45, 7) is 3.43. The average Bonchev–Trinajstić information content (AvgIpc) is 3.13. The molecule has 2 heterocycles. The highest BCUT2D eigenvalue weighted by atomic mass is 32.2. The Morgan fingerprint density at radius 3 is 2.65 bits per heavy atom. The Labute approximate surface area is 153 Å². The first-order valence-corrected chi connectivity index (χ1v) is 10.1. The molecule has 1 atom stereocenters. The van der Waals surface area contributed by atoms with Crippen molar-refractivity contribution in [3.8, 4) is 0 Å². The average molecular weight is 377 g/mol. The normalized spacial score (nSPS) is 21.5. The molecule has 2 N–H and O–H groups in total. The lowest BCUT2D eigenvalue weighted by molar-refractivity contribution is -0.121. The highest BCUT2D eigenvalue weighted by Crippen LogP contribution is 2.27. The Bertz CT molecular complexity index is 863. The van der Waals surface area contributed by atoms with Crippen molar-refractivity contribution in [2.24, 2.45) is 5.73 Å². The van der Waals surface area contributed by atoms with Crippen molar-refractivity contribution >= 4 is 21.8 Å². The number of rotatable bonds is 4. The molecule has 0 aromatic heterocycles. The third kappa shape index (κ3) is 3.52. The van der Waals surface area contributed by atoms with Gasteiger partial charge in [-0.25, -0.2) is 8.42 Å². The van der Waals surface area contributed by atoms with Gasteiger partial charge < -0.3 is 10.6 Å². The van der Waals surface area contributed by atoms with E-state index in [9.17, 15) is 18.0 Å². The fourth-order valence-corrected chi connectivity index (χ4v) is 5.09. The van der Waals surface area contributed by atoms with Crippen LogP contribution in [0.3, 0.4) is 0 Å². The summed E-state index contributed by atoms with van der Waals surface area (Å²) >= 11 is 0. The van der Waals surface area contributed by atoms with Gasteiger partial charge in [-0.1, -0.05) is 17.7 Å². The zero-order valence-corrected chi connectivity index (χ0v) is 15.5. The van der Waals surface area contributed by atoms with Crippen molar-refractivity contribution in [1.29, 1.82) is 0 Å². The van der Waals surface area contributed by atoms with Gasteiger partial charge in [0.15, 0.2) is 0 Å². The lowest BCUT2D eigenvalue weighted by Gasteiger charge is -2.26. The highest BCUT2D eigenvalue weighted by Gasteiger charge is 2.38. The summed E-state index contributed by atoms with van der Waals surface area (Å²) in [6, 6.07) is 5.18. The number of sulfonamides is 1. The van der Waals surface area contributed by atoms with Crippen molar-refractivity contribution in [1.82, 2.24) is 9.21 Å². The minimum Gasteiger partial charge on any atom is -0.368 e. The van der Waals surface area contributed by atoms with E-state index in [-0.39, 0.29) is 17.3 Å². The van der Waals surface area contributed by atoms with Crippen molar-refractivity contribution in [3.05, 3.63) is 41.5 Å². The number of hydrogen-bond donors (Lipinski definition) is 1. The molecule has 0 saturated carbocycles. The zero-order chi connectivity index (χ0) is 18.9. The van der Waals surface area contributed by atoms with Crippen LogP contribution in [0.4, 0.5) is 0 Å². The van der Waals surface area contributed by atoms with Gasteiger partial charge in [0.2, 0.25) is 15.9 Å². The number of primary amides is 1. The number of amides is 2. The number of hydrogen-bond acceptors (Lipinski definition) is 4. The van der Waals surface area contributed by atoms with E-state index in [0.717, 1.165) is 10.7 Å². The van der Waals surface area contributed by atoms with E-state index < -0.39 is 22.0 Å². The highest BCUT2D eigenvalue weighted by molar-refractivity contribution is 7.89. The van der Waals surface area contributed by atoms with Gasteiger partial charge in [0.25, 0.3) is 5.91 Å². The Balaban J connectivity index is 1.87. The molecule has 7 nitrogen and oxygen atoms in total. The van der Waals surface area contributed by atoms with Gasteiger partial charge >= 0.3 is 0 Å². The number of carbonyl (C=O) groups is 2. The van der Waals surface area contributed by atoms with Gasteiger partial charge in [-0.15, -0.1) is 0 Å². The van der Waals surface area contributed by atoms with Crippen LogP contribution in [0.5, 0.6) is 0 Å². The predicted molar refractivity (Wildman–Crippen MR) is 96.8 cm³/mol. The number of nitrogens with two attached hydrogens (primary N) is 1. The molecule has 1 aromatic rings. The maximum absolute atomic E-state index is 12.9. The first-order chi connectivity index (χ1) is 12.3. The summed E-state index contributed by atoms with van der Waals surface area (Å²) in [5.41, 5.74) is 6.91. The predicted octanol–water partition coefficient (Wildman–Crippen LogP) is 1.12. The molecular weight excluding hydrogens is 354 g/mol. The molecule has 1 aromatic carbocycles. The summed E-state index contributed by atoms with van der Waals surface area (Å²) in [4.78, 5) is 26.0. The molecule has 0 bridgehead atoms. The van der Waals surface area contributed by atoms with Gasteiger partial charge in [0, 0.05) is 25.2 Å². The van der Waals surface area contributed by atoms with Gasteiger partial charge in [0.05, 0.1) is 4.90 Å². The van der Waals surface area contributed by atoms with Crippen LogP contribution in [-0.2, 0) is 14.8 Å². The molecule has 0 aliphatic carbocycles. The van der Waals surface area contributed by atoms with Crippen LogP contribution >= 0.6 is 0 Å². The van der Waals surface area contributed by atoms with Gasteiger partial charge in [-0.05, 0) is 44.4 Å². The van der Waals surface area contributed by atoms with Crippen LogP contribution in [0.2, 0.25) is 0 Å². The van der Waals surface area contributed by atoms with E-state index in [2.05, 4.69) is 0 Å². The van der Waals surface area contributed by atoms with Gasteiger partial charge in [-0.3, -0.25) is 9.59 Å².